The number of fused-ring (bicyclic) bond motifs is 5. The number of rotatable bonds is 3. The average Bonchev–Trinajstić information content (AvgIpc) is 3.32. The number of aliphatic hydroxyl groups is 3. The number of allylic oxidation sites excluding steroid dienone is 1. The Morgan fingerprint density at radius 3 is 2.39 bits per heavy atom. The van der Waals surface area contributed by atoms with Crippen molar-refractivity contribution in [2.24, 2.45) is 39.4 Å². The number of esters is 1. The second-order valence-electron chi connectivity index (χ2n) is 14.2. The predicted octanol–water partition coefficient (Wildman–Crippen LogP) is 4.12. The Kier molecular flexibility index (Phi) is 5.63. The van der Waals surface area contributed by atoms with Crippen molar-refractivity contribution in [3.05, 3.63) is 23.3 Å². The molecule has 0 bridgehead atoms. The number of ether oxygens (including phenoxy) is 1. The number of carbonyl (C=O) groups excluding carboxylic acids is 2. The Morgan fingerprint density at radius 1 is 1.08 bits per heavy atom. The highest BCUT2D eigenvalue weighted by molar-refractivity contribution is 5.92. The molecule has 36 heavy (non-hydrogen) atoms. The largest absolute Gasteiger partial charge is 0.452 e. The minimum Gasteiger partial charge on any atom is -0.452 e. The van der Waals surface area contributed by atoms with Crippen LogP contribution < -0.4 is 0 Å². The van der Waals surface area contributed by atoms with E-state index >= 15 is 0 Å². The molecule has 1 heterocycles. The number of Topliss-reactive ketones (excluding diaryl/α,β-unsaturated/α-hetero) is 1. The van der Waals surface area contributed by atoms with Gasteiger partial charge in [-0.3, -0.25) is 4.79 Å². The zero-order valence-electron chi connectivity index (χ0n) is 22.9. The first-order chi connectivity index (χ1) is 16.5. The molecule has 6 heteroatoms. The van der Waals surface area contributed by atoms with Gasteiger partial charge in [0.15, 0.2) is 0 Å². The monoisotopic (exact) mass is 500 g/mol. The van der Waals surface area contributed by atoms with Crippen LogP contribution in [0.25, 0.3) is 0 Å². The smallest absolute Gasteiger partial charge is 0.334 e. The summed E-state index contributed by atoms with van der Waals surface area (Å²) in [7, 11) is 0. The van der Waals surface area contributed by atoms with Gasteiger partial charge in [-0.25, -0.2) is 4.79 Å². The van der Waals surface area contributed by atoms with Crippen LogP contribution in [0.2, 0.25) is 0 Å². The molecule has 200 valence electrons. The van der Waals surface area contributed by atoms with Crippen LogP contribution in [0.1, 0.15) is 87.0 Å². The lowest BCUT2D eigenvalue weighted by Gasteiger charge is -2.67. The summed E-state index contributed by atoms with van der Waals surface area (Å²) >= 11 is 0. The maximum atomic E-state index is 13.0. The minimum absolute atomic E-state index is 0.0287. The van der Waals surface area contributed by atoms with Gasteiger partial charge >= 0.3 is 5.97 Å². The highest BCUT2D eigenvalue weighted by atomic mass is 16.6. The molecule has 0 saturated heterocycles. The lowest BCUT2D eigenvalue weighted by atomic mass is 9.37. The lowest BCUT2D eigenvalue weighted by molar-refractivity contribution is -0.190. The van der Waals surface area contributed by atoms with Gasteiger partial charge in [-0.05, 0) is 74.7 Å². The number of carbonyl (C=O) groups is 2. The van der Waals surface area contributed by atoms with E-state index < -0.39 is 40.7 Å². The molecule has 0 spiro atoms. The molecular weight excluding hydrogens is 456 g/mol. The van der Waals surface area contributed by atoms with Crippen LogP contribution >= 0.6 is 0 Å². The van der Waals surface area contributed by atoms with E-state index in [0.29, 0.717) is 30.6 Å². The fraction of sp³-hybridized carbons (Fsp3) is 0.800. The molecule has 3 fully saturated rings. The second-order valence-corrected chi connectivity index (χ2v) is 14.2. The number of cyclic esters (lactones) is 1. The van der Waals surface area contributed by atoms with Crippen molar-refractivity contribution < 1.29 is 29.6 Å². The molecule has 4 aliphatic carbocycles. The predicted molar refractivity (Wildman–Crippen MR) is 136 cm³/mol. The minimum atomic E-state index is -1.39. The van der Waals surface area contributed by atoms with Crippen LogP contribution in [-0.2, 0) is 14.3 Å². The van der Waals surface area contributed by atoms with Crippen LogP contribution in [0.4, 0.5) is 0 Å². The van der Waals surface area contributed by atoms with Gasteiger partial charge in [0.1, 0.15) is 18.0 Å². The van der Waals surface area contributed by atoms with Crippen molar-refractivity contribution in [2.45, 2.75) is 111 Å². The van der Waals surface area contributed by atoms with E-state index in [2.05, 4.69) is 40.7 Å². The molecule has 2 unspecified atom stereocenters. The molecule has 3 N–H and O–H groups in total. The van der Waals surface area contributed by atoms with Gasteiger partial charge in [0.05, 0.1) is 11.7 Å². The maximum Gasteiger partial charge on any atom is 0.334 e. The standard InChI is InChI=1S/C30H44O6/c1-26(2)21-15-23(32)30(7)19-9-8-17(16-14-18(36-25(16)34)24(33)27(3,4)35)28(19,5)12-10-20(30)29(21,6)13-11-22(26)31/h9,14,17-18,20-21,23-24,32-33,35H,8,10-13,15H2,1-7H3/t17-,18?,20+,21-,23+,24?,28-,29+,30-/m0/s1. The summed E-state index contributed by atoms with van der Waals surface area (Å²) in [4.78, 5) is 25.9. The topological polar surface area (TPSA) is 104 Å². The molecule has 0 aromatic heterocycles. The van der Waals surface area contributed by atoms with Crippen LogP contribution in [0, 0.1) is 39.4 Å². The Morgan fingerprint density at radius 2 is 1.75 bits per heavy atom. The third-order valence-corrected chi connectivity index (χ3v) is 11.7. The molecule has 5 rings (SSSR count). The van der Waals surface area contributed by atoms with Gasteiger partial charge in [-0.15, -0.1) is 0 Å². The average molecular weight is 501 g/mol. The SMILES string of the molecule is CC(C)(O)C(O)C1C=C([C@@H]2CC=C3[C@]4(C)[C@H](O)C[C@H]5C(C)(C)C(=O)CC[C@]5(C)[C@H]4CC[C@]32C)C(=O)O1. The summed E-state index contributed by atoms with van der Waals surface area (Å²) in [6, 6.07) is 0. The van der Waals surface area contributed by atoms with E-state index in [4.69, 9.17) is 4.74 Å². The van der Waals surface area contributed by atoms with Crippen molar-refractivity contribution in [1.82, 2.24) is 0 Å². The molecule has 0 radical (unpaired) electrons. The van der Waals surface area contributed by atoms with E-state index in [1.165, 1.54) is 19.4 Å². The fourth-order valence-electron chi connectivity index (χ4n) is 9.52. The Hall–Kier alpha value is -1.50. The van der Waals surface area contributed by atoms with E-state index in [0.717, 1.165) is 19.3 Å². The maximum absolute atomic E-state index is 13.0. The Labute approximate surface area is 215 Å². The number of hydrogen-bond donors (Lipinski definition) is 3. The first-order valence-corrected chi connectivity index (χ1v) is 13.7. The van der Waals surface area contributed by atoms with Gasteiger partial charge in [0, 0.05) is 28.7 Å². The summed E-state index contributed by atoms with van der Waals surface area (Å²) in [5, 5.41) is 32.6. The number of hydrogen-bond acceptors (Lipinski definition) is 6. The van der Waals surface area contributed by atoms with Gasteiger partial charge in [-0.1, -0.05) is 46.3 Å². The highest BCUT2D eigenvalue weighted by Crippen LogP contribution is 2.72. The number of ketones is 1. The quantitative estimate of drug-likeness (QED) is 0.398. The third-order valence-electron chi connectivity index (χ3n) is 11.7. The third kappa shape index (κ3) is 3.26. The first kappa shape index (κ1) is 26.1. The summed E-state index contributed by atoms with van der Waals surface area (Å²) in [6.07, 6.45) is 5.97. The van der Waals surface area contributed by atoms with Crippen molar-refractivity contribution in [1.29, 1.82) is 0 Å². The molecular formula is C30H44O6. The molecule has 9 atom stereocenters. The number of aliphatic hydroxyl groups excluding tert-OH is 2. The van der Waals surface area contributed by atoms with Gasteiger partial charge in [0.2, 0.25) is 0 Å². The zero-order valence-corrected chi connectivity index (χ0v) is 22.9. The summed E-state index contributed by atoms with van der Waals surface area (Å²) < 4.78 is 5.53. The van der Waals surface area contributed by atoms with E-state index in [-0.39, 0.29) is 28.6 Å². The molecule has 0 aromatic rings. The van der Waals surface area contributed by atoms with Gasteiger partial charge in [0.25, 0.3) is 0 Å². The molecule has 6 nitrogen and oxygen atoms in total. The van der Waals surface area contributed by atoms with Crippen LogP contribution in [0.15, 0.2) is 23.3 Å². The lowest BCUT2D eigenvalue weighted by Crippen LogP contribution is -2.64. The van der Waals surface area contributed by atoms with E-state index in [9.17, 15) is 24.9 Å². The molecule has 0 aromatic carbocycles. The second kappa shape index (κ2) is 7.77. The molecule has 0 amide bonds. The van der Waals surface area contributed by atoms with E-state index in [1.807, 2.05) is 0 Å². The zero-order chi connectivity index (χ0) is 26.6. The summed E-state index contributed by atoms with van der Waals surface area (Å²) in [5.41, 5.74) is -0.737. The Balaban J connectivity index is 1.49. The molecule has 1 aliphatic heterocycles. The van der Waals surface area contributed by atoms with E-state index in [1.54, 1.807) is 6.08 Å². The fourth-order valence-corrected chi connectivity index (χ4v) is 9.52. The first-order valence-electron chi connectivity index (χ1n) is 13.7. The normalized spacial score (nSPS) is 46.8. The Bertz CT molecular complexity index is 1050. The molecule has 5 aliphatic rings. The van der Waals surface area contributed by atoms with Crippen LogP contribution in [0.5, 0.6) is 0 Å². The summed E-state index contributed by atoms with van der Waals surface area (Å²) in [6.45, 7) is 14.0. The molecule has 3 saturated carbocycles. The highest BCUT2D eigenvalue weighted by Gasteiger charge is 2.68. The van der Waals surface area contributed by atoms with Crippen molar-refractivity contribution in [3.63, 3.8) is 0 Å². The van der Waals surface area contributed by atoms with Gasteiger partial charge in [-0.2, -0.15) is 0 Å². The van der Waals surface area contributed by atoms with Crippen LogP contribution in [-0.4, -0.2) is 51.0 Å². The summed E-state index contributed by atoms with van der Waals surface area (Å²) in [5.74, 6) is 0.228. The van der Waals surface area contributed by atoms with Crippen LogP contribution in [0.3, 0.4) is 0 Å². The van der Waals surface area contributed by atoms with Crippen molar-refractivity contribution in [2.75, 3.05) is 0 Å². The van der Waals surface area contributed by atoms with Gasteiger partial charge < -0.3 is 20.1 Å². The van der Waals surface area contributed by atoms with Crippen molar-refractivity contribution >= 4 is 11.8 Å². The van der Waals surface area contributed by atoms with Crippen molar-refractivity contribution in [3.8, 4) is 0 Å².